The summed E-state index contributed by atoms with van der Waals surface area (Å²) in [5.74, 6) is 0.0493. The predicted molar refractivity (Wildman–Crippen MR) is 128 cm³/mol. The Balaban J connectivity index is 1.33. The van der Waals surface area contributed by atoms with Crippen LogP contribution in [0.25, 0.3) is 17.0 Å². The number of amides is 1. The number of aromatic nitrogens is 4. The molecule has 5 rings (SSSR count). The molecule has 8 nitrogen and oxygen atoms in total. The number of hydrazone groups is 1. The molecule has 1 aliphatic carbocycles. The molecule has 4 aromatic rings. The second-order valence-electron chi connectivity index (χ2n) is 7.97. The van der Waals surface area contributed by atoms with Gasteiger partial charge >= 0.3 is 0 Å². The molecule has 2 N–H and O–H groups in total. The minimum atomic E-state index is -1.25. The van der Waals surface area contributed by atoms with E-state index >= 15 is 0 Å². The largest absolute Gasteiger partial charge is 0.380 e. The van der Waals surface area contributed by atoms with Crippen LogP contribution in [0.15, 0.2) is 102 Å². The van der Waals surface area contributed by atoms with Crippen molar-refractivity contribution in [3.05, 3.63) is 108 Å². The summed E-state index contributed by atoms with van der Waals surface area (Å²) < 4.78 is 0. The van der Waals surface area contributed by atoms with Crippen LogP contribution >= 0.6 is 0 Å². The first-order valence-corrected chi connectivity index (χ1v) is 10.9. The van der Waals surface area contributed by atoms with Gasteiger partial charge in [-0.25, -0.2) is 5.43 Å². The third-order valence-electron chi connectivity index (χ3n) is 5.62. The summed E-state index contributed by atoms with van der Waals surface area (Å²) in [5, 5.41) is 28.1. The van der Waals surface area contributed by atoms with Gasteiger partial charge in [0.25, 0.3) is 5.91 Å². The second-order valence-corrected chi connectivity index (χ2v) is 7.97. The number of benzene rings is 3. The topological polar surface area (TPSA) is 105 Å². The van der Waals surface area contributed by atoms with Crippen LogP contribution in [0.4, 0.5) is 0 Å². The molecule has 168 valence electrons. The van der Waals surface area contributed by atoms with E-state index in [9.17, 15) is 9.90 Å². The van der Waals surface area contributed by atoms with E-state index in [0.29, 0.717) is 11.5 Å². The third-order valence-corrected chi connectivity index (χ3v) is 5.62. The molecule has 0 fully saturated rings. The average Bonchev–Trinajstić information content (AvgIpc) is 3.49. The molecular formula is C26H22N6O2. The van der Waals surface area contributed by atoms with Crippen molar-refractivity contribution in [1.29, 1.82) is 0 Å². The highest BCUT2D eigenvalue weighted by atomic mass is 16.3. The van der Waals surface area contributed by atoms with Crippen LogP contribution in [0.1, 0.15) is 17.5 Å². The third kappa shape index (κ3) is 4.39. The van der Waals surface area contributed by atoms with Gasteiger partial charge in [-0.3, -0.25) is 4.79 Å². The van der Waals surface area contributed by atoms with Crippen LogP contribution < -0.4 is 5.43 Å². The first kappa shape index (κ1) is 21.4. The number of nitrogens with zero attached hydrogens (tertiary/aromatic N) is 5. The summed E-state index contributed by atoms with van der Waals surface area (Å²) >= 11 is 0. The van der Waals surface area contributed by atoms with Crippen molar-refractivity contribution < 1.29 is 9.90 Å². The van der Waals surface area contributed by atoms with E-state index < -0.39 is 11.5 Å². The molecule has 1 heterocycles. The maximum absolute atomic E-state index is 12.5. The molecule has 1 aliphatic rings. The lowest BCUT2D eigenvalue weighted by Gasteiger charge is -2.27. The second kappa shape index (κ2) is 9.21. The van der Waals surface area contributed by atoms with Crippen LogP contribution in [0.3, 0.4) is 0 Å². The number of hydrogen-bond donors (Lipinski definition) is 2. The first-order chi connectivity index (χ1) is 16.6. The quantitative estimate of drug-likeness (QED) is 0.439. The van der Waals surface area contributed by atoms with E-state index in [-0.39, 0.29) is 13.0 Å². The molecule has 8 heteroatoms. The Morgan fingerprint density at radius 1 is 0.941 bits per heavy atom. The first-order valence-electron chi connectivity index (χ1n) is 10.9. The summed E-state index contributed by atoms with van der Waals surface area (Å²) in [4.78, 5) is 13.7. The molecule has 0 saturated heterocycles. The molecule has 1 atom stereocenters. The maximum atomic E-state index is 12.5. The standard InChI is InChI=1S/C26H22N6O2/c33-24(18-32-30-25(29-31-32)20-12-6-2-7-13-20)28-27-22-16-23(19-10-4-1-5-11-19)26(34,17-22)21-14-8-3-9-15-21/h1-16,34H,17-18H2,(H,28,33)/b27-22-. The Bertz CT molecular complexity index is 1350. The number of carbonyl (C=O) groups is 1. The van der Waals surface area contributed by atoms with Crippen molar-refractivity contribution in [2.24, 2.45) is 5.10 Å². The van der Waals surface area contributed by atoms with Gasteiger partial charge in [-0.1, -0.05) is 91.0 Å². The van der Waals surface area contributed by atoms with Crippen LogP contribution in [-0.4, -0.2) is 36.9 Å². The number of aliphatic hydroxyl groups is 1. The summed E-state index contributed by atoms with van der Waals surface area (Å²) in [5.41, 5.74) is 5.08. The van der Waals surface area contributed by atoms with Crippen LogP contribution in [0.2, 0.25) is 0 Å². The minimum Gasteiger partial charge on any atom is -0.380 e. The van der Waals surface area contributed by atoms with Gasteiger partial charge in [0.05, 0.1) is 5.71 Å². The molecule has 0 aliphatic heterocycles. The lowest BCUT2D eigenvalue weighted by Crippen LogP contribution is -2.27. The summed E-state index contributed by atoms with van der Waals surface area (Å²) in [6, 6.07) is 28.5. The van der Waals surface area contributed by atoms with E-state index in [4.69, 9.17) is 0 Å². The monoisotopic (exact) mass is 450 g/mol. The average molecular weight is 451 g/mol. The van der Waals surface area contributed by atoms with Crippen molar-refractivity contribution >= 4 is 17.2 Å². The highest BCUT2D eigenvalue weighted by Crippen LogP contribution is 2.43. The summed E-state index contributed by atoms with van der Waals surface area (Å²) in [6.07, 6.45) is 2.06. The van der Waals surface area contributed by atoms with Crippen molar-refractivity contribution in [2.45, 2.75) is 18.6 Å². The molecule has 1 aromatic heterocycles. The molecule has 1 unspecified atom stereocenters. The predicted octanol–water partition coefficient (Wildman–Crippen LogP) is 3.19. The molecular weight excluding hydrogens is 428 g/mol. The Morgan fingerprint density at radius 2 is 1.56 bits per heavy atom. The van der Waals surface area contributed by atoms with Gasteiger partial charge in [0.2, 0.25) is 5.82 Å². The van der Waals surface area contributed by atoms with Crippen molar-refractivity contribution in [2.75, 3.05) is 0 Å². The van der Waals surface area contributed by atoms with E-state index in [1.807, 2.05) is 97.1 Å². The summed E-state index contributed by atoms with van der Waals surface area (Å²) in [6.45, 7) is -0.130. The molecule has 0 spiro atoms. The fourth-order valence-electron chi connectivity index (χ4n) is 3.99. The number of rotatable bonds is 6. The Labute approximate surface area is 196 Å². The van der Waals surface area contributed by atoms with Gasteiger partial charge in [-0.2, -0.15) is 9.90 Å². The lowest BCUT2D eigenvalue weighted by atomic mass is 9.84. The fourth-order valence-corrected chi connectivity index (χ4v) is 3.99. The zero-order chi connectivity index (χ0) is 23.4. The van der Waals surface area contributed by atoms with Gasteiger partial charge in [0, 0.05) is 12.0 Å². The normalized spacial score (nSPS) is 18.6. The fraction of sp³-hybridized carbons (Fsp3) is 0.115. The molecule has 0 bridgehead atoms. The highest BCUT2D eigenvalue weighted by Gasteiger charge is 2.40. The Kier molecular flexibility index (Phi) is 5.80. The molecule has 0 radical (unpaired) electrons. The smallest absolute Gasteiger partial charge is 0.263 e. The van der Waals surface area contributed by atoms with E-state index in [0.717, 1.165) is 22.3 Å². The maximum Gasteiger partial charge on any atom is 0.263 e. The van der Waals surface area contributed by atoms with Crippen LogP contribution in [0.5, 0.6) is 0 Å². The summed E-state index contributed by atoms with van der Waals surface area (Å²) in [7, 11) is 0. The van der Waals surface area contributed by atoms with E-state index in [1.54, 1.807) is 0 Å². The van der Waals surface area contributed by atoms with Crippen LogP contribution in [-0.2, 0) is 16.9 Å². The van der Waals surface area contributed by atoms with Crippen molar-refractivity contribution in [3.63, 3.8) is 0 Å². The number of allylic oxidation sites excluding steroid dienone is 1. The van der Waals surface area contributed by atoms with Gasteiger partial charge in [-0.05, 0) is 28.0 Å². The highest BCUT2D eigenvalue weighted by molar-refractivity contribution is 6.08. The number of nitrogens with one attached hydrogen (secondary N) is 1. The zero-order valence-electron chi connectivity index (χ0n) is 18.2. The number of hydrogen-bond acceptors (Lipinski definition) is 6. The molecule has 34 heavy (non-hydrogen) atoms. The minimum absolute atomic E-state index is 0.130. The number of carbonyl (C=O) groups excluding carboxylic acids is 1. The molecule has 1 amide bonds. The Morgan fingerprint density at radius 3 is 2.24 bits per heavy atom. The molecule has 3 aromatic carbocycles. The lowest BCUT2D eigenvalue weighted by molar-refractivity contribution is -0.122. The van der Waals surface area contributed by atoms with Gasteiger partial charge < -0.3 is 5.11 Å². The van der Waals surface area contributed by atoms with Crippen molar-refractivity contribution in [3.8, 4) is 11.4 Å². The van der Waals surface area contributed by atoms with Gasteiger partial charge in [0.15, 0.2) is 0 Å². The van der Waals surface area contributed by atoms with Gasteiger partial charge in [-0.15, -0.1) is 10.2 Å². The zero-order valence-corrected chi connectivity index (χ0v) is 18.2. The van der Waals surface area contributed by atoms with Crippen molar-refractivity contribution in [1.82, 2.24) is 25.6 Å². The van der Waals surface area contributed by atoms with E-state index in [2.05, 4.69) is 25.9 Å². The van der Waals surface area contributed by atoms with Crippen LogP contribution in [0, 0.1) is 0 Å². The SMILES string of the molecule is O=C(Cn1nnc(-c2ccccc2)n1)N/N=C1/C=C(c2ccccc2)C(O)(c2ccccc2)C1. The number of tetrazole rings is 1. The van der Waals surface area contributed by atoms with E-state index in [1.165, 1.54) is 4.80 Å². The van der Waals surface area contributed by atoms with Gasteiger partial charge in [0.1, 0.15) is 12.1 Å². The Hall–Kier alpha value is -4.43. The molecule has 0 saturated carbocycles.